The van der Waals surface area contributed by atoms with Crippen molar-refractivity contribution >= 4 is 23.3 Å². The number of hydrogen-bond acceptors (Lipinski definition) is 8. The van der Waals surface area contributed by atoms with Crippen LogP contribution in [-0.4, -0.2) is 45.0 Å². The predicted octanol–water partition coefficient (Wildman–Crippen LogP) is -1.41. The van der Waals surface area contributed by atoms with Gasteiger partial charge in [-0.25, -0.2) is 0 Å². The van der Waals surface area contributed by atoms with Gasteiger partial charge in [-0.2, -0.15) is 9.97 Å². The van der Waals surface area contributed by atoms with Gasteiger partial charge in [0.25, 0.3) is 0 Å². The summed E-state index contributed by atoms with van der Waals surface area (Å²) >= 11 is 0. The lowest BCUT2D eigenvalue weighted by atomic mass is 10.0. The largest absolute Gasteiger partial charge is 0.391 e. The number of aliphatic hydroxyl groups excluding tert-OH is 2. The molecular weight excluding hydrogens is 224 g/mol. The Balaban J connectivity index is 2.24. The molecule has 1 aromatic heterocycles. The van der Waals surface area contributed by atoms with E-state index in [4.69, 9.17) is 11.5 Å². The second kappa shape index (κ2) is 4.22. The van der Waals surface area contributed by atoms with E-state index in [-0.39, 0.29) is 17.8 Å². The standard InChI is InChI=1S/C9H16N6O2/c1-3(16)6(17)4-2-12-8-5(13-4)7(10)14-9(11)15-8/h3-4,6,13,16-17H,2H2,1H3,(H5,10,11,12,14,15)/t3-,4?,6+/m1/s1. The Labute approximate surface area is 98.1 Å². The summed E-state index contributed by atoms with van der Waals surface area (Å²) in [6.07, 6.45) is -1.75. The number of nitrogens with zero attached hydrogens (tertiary/aromatic N) is 2. The van der Waals surface area contributed by atoms with E-state index >= 15 is 0 Å². The molecule has 1 aliphatic heterocycles. The van der Waals surface area contributed by atoms with Crippen molar-refractivity contribution in [2.45, 2.75) is 25.2 Å². The molecule has 0 spiro atoms. The molecule has 0 bridgehead atoms. The van der Waals surface area contributed by atoms with E-state index in [1.807, 2.05) is 0 Å². The van der Waals surface area contributed by atoms with Gasteiger partial charge in [0.15, 0.2) is 11.6 Å². The van der Waals surface area contributed by atoms with Crippen LogP contribution in [0.25, 0.3) is 0 Å². The third-order valence-corrected chi connectivity index (χ3v) is 2.68. The number of hydrogen-bond donors (Lipinski definition) is 6. The maximum atomic E-state index is 9.76. The monoisotopic (exact) mass is 240 g/mol. The van der Waals surface area contributed by atoms with E-state index < -0.39 is 12.2 Å². The van der Waals surface area contributed by atoms with E-state index in [1.165, 1.54) is 6.92 Å². The SMILES string of the molecule is C[C@@H](O)[C@H](O)C1CNc2nc(N)nc(N)c2N1. The molecule has 8 heteroatoms. The van der Waals surface area contributed by atoms with Crippen molar-refractivity contribution < 1.29 is 10.2 Å². The highest BCUT2D eigenvalue weighted by atomic mass is 16.3. The molecule has 1 unspecified atom stereocenters. The van der Waals surface area contributed by atoms with Crippen LogP contribution in [0.5, 0.6) is 0 Å². The number of fused-ring (bicyclic) bond motifs is 1. The minimum atomic E-state index is -0.910. The number of aliphatic hydroxyl groups is 2. The highest BCUT2D eigenvalue weighted by Gasteiger charge is 2.29. The molecule has 1 aliphatic rings. The van der Waals surface area contributed by atoms with Gasteiger partial charge in [-0.15, -0.1) is 0 Å². The highest BCUT2D eigenvalue weighted by Crippen LogP contribution is 2.30. The average molecular weight is 240 g/mol. The summed E-state index contributed by atoms with van der Waals surface area (Å²) < 4.78 is 0. The minimum Gasteiger partial charge on any atom is -0.391 e. The number of rotatable bonds is 2. The fourth-order valence-corrected chi connectivity index (χ4v) is 1.75. The fourth-order valence-electron chi connectivity index (χ4n) is 1.75. The van der Waals surface area contributed by atoms with Gasteiger partial charge < -0.3 is 32.3 Å². The van der Waals surface area contributed by atoms with Crippen molar-refractivity contribution in [1.82, 2.24) is 9.97 Å². The molecule has 8 nitrogen and oxygen atoms in total. The Morgan fingerprint density at radius 1 is 1.35 bits per heavy atom. The summed E-state index contributed by atoms with van der Waals surface area (Å²) in [5.74, 6) is 0.802. The van der Waals surface area contributed by atoms with Crippen molar-refractivity contribution in [3.63, 3.8) is 0 Å². The second-order valence-electron chi connectivity index (χ2n) is 4.05. The van der Waals surface area contributed by atoms with Crippen LogP contribution in [-0.2, 0) is 0 Å². The number of anilines is 4. The second-order valence-corrected chi connectivity index (χ2v) is 4.05. The summed E-state index contributed by atoms with van der Waals surface area (Å²) in [5.41, 5.74) is 11.7. The zero-order valence-corrected chi connectivity index (χ0v) is 9.38. The van der Waals surface area contributed by atoms with E-state index in [0.717, 1.165) is 0 Å². The Morgan fingerprint density at radius 3 is 2.71 bits per heavy atom. The van der Waals surface area contributed by atoms with Gasteiger partial charge in [0, 0.05) is 6.54 Å². The molecule has 3 atom stereocenters. The van der Waals surface area contributed by atoms with Crippen LogP contribution in [0.4, 0.5) is 23.3 Å². The first-order valence-corrected chi connectivity index (χ1v) is 5.28. The fraction of sp³-hybridized carbons (Fsp3) is 0.556. The highest BCUT2D eigenvalue weighted by molar-refractivity contribution is 5.78. The van der Waals surface area contributed by atoms with Crippen LogP contribution in [0, 0.1) is 0 Å². The molecule has 8 N–H and O–H groups in total. The molecule has 0 aromatic carbocycles. The van der Waals surface area contributed by atoms with Gasteiger partial charge in [0.1, 0.15) is 11.8 Å². The van der Waals surface area contributed by atoms with Crippen LogP contribution in [0.3, 0.4) is 0 Å². The predicted molar refractivity (Wildman–Crippen MR) is 64.4 cm³/mol. The molecule has 0 saturated carbocycles. The Kier molecular flexibility index (Phi) is 2.90. The van der Waals surface area contributed by atoms with Gasteiger partial charge in [0.2, 0.25) is 5.95 Å². The van der Waals surface area contributed by atoms with E-state index in [0.29, 0.717) is 18.1 Å². The Hall–Kier alpha value is -1.80. The number of nitrogen functional groups attached to an aromatic ring is 2. The van der Waals surface area contributed by atoms with Crippen LogP contribution in [0.2, 0.25) is 0 Å². The third-order valence-electron chi connectivity index (χ3n) is 2.68. The molecule has 2 heterocycles. The summed E-state index contributed by atoms with van der Waals surface area (Å²) in [5, 5.41) is 25.1. The van der Waals surface area contributed by atoms with Crippen molar-refractivity contribution in [2.24, 2.45) is 0 Å². The van der Waals surface area contributed by atoms with Gasteiger partial charge in [-0.05, 0) is 6.92 Å². The maximum absolute atomic E-state index is 9.76. The van der Waals surface area contributed by atoms with Crippen LogP contribution in [0.15, 0.2) is 0 Å². The number of nitrogens with two attached hydrogens (primary N) is 2. The van der Waals surface area contributed by atoms with Gasteiger partial charge in [0.05, 0.1) is 12.1 Å². The smallest absolute Gasteiger partial charge is 0.224 e. The van der Waals surface area contributed by atoms with Crippen molar-refractivity contribution in [3.05, 3.63) is 0 Å². The Morgan fingerprint density at radius 2 is 2.06 bits per heavy atom. The van der Waals surface area contributed by atoms with Crippen molar-refractivity contribution in [2.75, 3.05) is 28.6 Å². The zero-order valence-electron chi connectivity index (χ0n) is 9.38. The summed E-state index contributed by atoms with van der Waals surface area (Å²) in [6, 6.07) is -0.364. The lowest BCUT2D eigenvalue weighted by Crippen LogP contribution is -2.47. The van der Waals surface area contributed by atoms with Gasteiger partial charge in [-0.1, -0.05) is 0 Å². The molecule has 0 fully saturated rings. The van der Waals surface area contributed by atoms with Crippen LogP contribution in [0.1, 0.15) is 6.92 Å². The van der Waals surface area contributed by atoms with E-state index in [2.05, 4.69) is 20.6 Å². The van der Waals surface area contributed by atoms with Crippen molar-refractivity contribution in [3.8, 4) is 0 Å². The molecule has 17 heavy (non-hydrogen) atoms. The minimum absolute atomic E-state index is 0.0880. The molecule has 0 aliphatic carbocycles. The molecule has 0 radical (unpaired) electrons. The average Bonchev–Trinajstić information content (AvgIpc) is 2.27. The van der Waals surface area contributed by atoms with Crippen molar-refractivity contribution in [1.29, 1.82) is 0 Å². The van der Waals surface area contributed by atoms with Gasteiger partial charge in [-0.3, -0.25) is 0 Å². The Bertz CT molecular complexity index is 424. The van der Waals surface area contributed by atoms with Crippen LogP contribution < -0.4 is 22.1 Å². The molecule has 0 amide bonds. The summed E-state index contributed by atoms with van der Waals surface area (Å²) in [7, 11) is 0. The molecule has 1 aromatic rings. The summed E-state index contributed by atoms with van der Waals surface area (Å²) in [6.45, 7) is 1.93. The normalized spacial score (nSPS) is 21.9. The zero-order chi connectivity index (χ0) is 12.6. The lowest BCUT2D eigenvalue weighted by Gasteiger charge is -2.32. The number of nitrogens with one attached hydrogen (secondary N) is 2. The summed E-state index contributed by atoms with van der Waals surface area (Å²) in [4.78, 5) is 7.81. The van der Waals surface area contributed by atoms with Crippen LogP contribution >= 0.6 is 0 Å². The quantitative estimate of drug-likeness (QED) is 0.370. The van der Waals surface area contributed by atoms with E-state index in [9.17, 15) is 10.2 Å². The van der Waals surface area contributed by atoms with E-state index in [1.54, 1.807) is 0 Å². The topological polar surface area (TPSA) is 142 Å². The first kappa shape index (κ1) is 11.7. The van der Waals surface area contributed by atoms with Gasteiger partial charge >= 0.3 is 0 Å². The molecule has 94 valence electrons. The first-order valence-electron chi connectivity index (χ1n) is 5.28. The molecule has 2 rings (SSSR count). The molecule has 0 saturated heterocycles. The third kappa shape index (κ3) is 2.17. The number of aromatic nitrogens is 2. The molecular formula is C9H16N6O2. The maximum Gasteiger partial charge on any atom is 0.224 e. The first-order chi connectivity index (χ1) is 7.99. The lowest BCUT2D eigenvalue weighted by molar-refractivity contribution is 0.0214.